The van der Waals surface area contributed by atoms with E-state index in [9.17, 15) is 0 Å². The van der Waals surface area contributed by atoms with Crippen LogP contribution in [-0.2, 0) is 13.2 Å². The minimum Gasteiger partial charge on any atom is -0.496 e. The first-order valence-corrected chi connectivity index (χ1v) is 10.5. The van der Waals surface area contributed by atoms with Crippen LogP contribution in [0.5, 0.6) is 5.75 Å². The van der Waals surface area contributed by atoms with Crippen molar-refractivity contribution in [1.82, 2.24) is 19.2 Å². The van der Waals surface area contributed by atoms with E-state index in [1.165, 1.54) is 11.1 Å². The van der Waals surface area contributed by atoms with Gasteiger partial charge in [-0.2, -0.15) is 5.10 Å². The van der Waals surface area contributed by atoms with Crippen molar-refractivity contribution < 1.29 is 4.74 Å². The average molecular weight is 419 g/mol. The fraction of sp³-hybridized carbons (Fsp3) is 0.250. The SMILES string of the molecule is C=CCn1c(-c2ccccc2OC)nn(CN2CC=C(c3ccccc3)CC2)c1=S. The maximum absolute atomic E-state index is 5.76. The fourth-order valence-electron chi connectivity index (χ4n) is 3.80. The van der Waals surface area contributed by atoms with Crippen molar-refractivity contribution in [2.45, 2.75) is 19.6 Å². The lowest BCUT2D eigenvalue weighted by atomic mass is 10.00. The number of methoxy groups -OCH3 is 1. The Kier molecular flexibility index (Phi) is 6.26. The minimum atomic E-state index is 0.601. The summed E-state index contributed by atoms with van der Waals surface area (Å²) in [6.07, 6.45) is 5.17. The van der Waals surface area contributed by atoms with Gasteiger partial charge in [0.15, 0.2) is 10.6 Å². The molecule has 30 heavy (non-hydrogen) atoms. The van der Waals surface area contributed by atoms with Gasteiger partial charge in [-0.15, -0.1) is 6.58 Å². The van der Waals surface area contributed by atoms with Crippen LogP contribution < -0.4 is 4.74 Å². The van der Waals surface area contributed by atoms with E-state index in [4.69, 9.17) is 22.1 Å². The number of ether oxygens (including phenoxy) is 1. The molecule has 0 bridgehead atoms. The van der Waals surface area contributed by atoms with Gasteiger partial charge in [0.25, 0.3) is 0 Å². The molecule has 2 aromatic carbocycles. The molecule has 1 aromatic heterocycles. The van der Waals surface area contributed by atoms with Crippen LogP contribution in [0.25, 0.3) is 17.0 Å². The van der Waals surface area contributed by atoms with Crippen LogP contribution in [0.4, 0.5) is 0 Å². The van der Waals surface area contributed by atoms with Crippen molar-refractivity contribution in [3.05, 3.63) is 83.7 Å². The van der Waals surface area contributed by atoms with Gasteiger partial charge in [-0.05, 0) is 41.9 Å². The summed E-state index contributed by atoms with van der Waals surface area (Å²) in [5.41, 5.74) is 3.64. The molecule has 2 heterocycles. The lowest BCUT2D eigenvalue weighted by Gasteiger charge is -2.26. The summed E-state index contributed by atoms with van der Waals surface area (Å²) < 4.78 is 10.1. The normalized spacial score (nSPS) is 14.4. The van der Waals surface area contributed by atoms with Crippen molar-refractivity contribution in [2.24, 2.45) is 0 Å². The fourth-order valence-corrected chi connectivity index (χ4v) is 4.06. The maximum Gasteiger partial charge on any atom is 0.199 e. The highest BCUT2D eigenvalue weighted by atomic mass is 32.1. The molecule has 1 aliphatic rings. The first kappa shape index (κ1) is 20.3. The number of allylic oxidation sites excluding steroid dienone is 1. The van der Waals surface area contributed by atoms with Crippen molar-refractivity contribution in [1.29, 1.82) is 0 Å². The number of benzene rings is 2. The van der Waals surface area contributed by atoms with Crippen molar-refractivity contribution in [3.8, 4) is 17.1 Å². The van der Waals surface area contributed by atoms with Crippen LogP contribution in [-0.4, -0.2) is 39.4 Å². The van der Waals surface area contributed by atoms with Crippen molar-refractivity contribution >= 4 is 17.8 Å². The summed E-state index contributed by atoms with van der Waals surface area (Å²) in [5.74, 6) is 1.58. The molecule has 6 heteroatoms. The molecule has 0 spiro atoms. The van der Waals surface area contributed by atoms with Gasteiger partial charge in [-0.3, -0.25) is 9.47 Å². The quantitative estimate of drug-likeness (QED) is 0.399. The van der Waals surface area contributed by atoms with E-state index in [1.54, 1.807) is 7.11 Å². The van der Waals surface area contributed by atoms with Crippen LogP contribution in [0.15, 0.2) is 73.3 Å². The van der Waals surface area contributed by atoms with Gasteiger partial charge in [0.2, 0.25) is 0 Å². The summed E-state index contributed by atoms with van der Waals surface area (Å²) in [7, 11) is 1.67. The van der Waals surface area contributed by atoms with Crippen molar-refractivity contribution in [2.75, 3.05) is 20.2 Å². The van der Waals surface area contributed by atoms with Crippen LogP contribution in [0.1, 0.15) is 12.0 Å². The standard InChI is InChI=1S/C24H26N4OS/c1-3-15-27-23(21-11-7-8-12-22(21)29-2)25-28(24(27)30)18-26-16-13-20(14-17-26)19-9-5-4-6-10-19/h3-13H,1,14-18H2,2H3. The Morgan fingerprint density at radius 1 is 1.13 bits per heavy atom. The highest BCUT2D eigenvalue weighted by molar-refractivity contribution is 7.71. The van der Waals surface area contributed by atoms with Crippen LogP contribution in [0.2, 0.25) is 0 Å². The molecule has 5 nitrogen and oxygen atoms in total. The Bertz CT molecular complexity index is 1110. The van der Waals surface area contributed by atoms with Crippen LogP contribution in [0, 0.1) is 4.77 Å². The zero-order chi connectivity index (χ0) is 20.9. The smallest absolute Gasteiger partial charge is 0.199 e. The van der Waals surface area contributed by atoms with Gasteiger partial charge in [0.1, 0.15) is 5.75 Å². The molecule has 0 amide bonds. The molecule has 1 aliphatic heterocycles. The molecule has 0 saturated carbocycles. The van der Waals surface area contributed by atoms with Gasteiger partial charge < -0.3 is 4.74 Å². The minimum absolute atomic E-state index is 0.601. The second kappa shape index (κ2) is 9.24. The molecule has 0 N–H and O–H groups in total. The number of nitrogens with zero attached hydrogens (tertiary/aromatic N) is 4. The second-order valence-corrected chi connectivity index (χ2v) is 7.63. The predicted molar refractivity (Wildman–Crippen MR) is 124 cm³/mol. The summed E-state index contributed by atoms with van der Waals surface area (Å²) in [6, 6.07) is 18.5. The van der Waals surface area contributed by atoms with Crippen LogP contribution >= 0.6 is 12.2 Å². The molecule has 0 unspecified atom stereocenters. The third-order valence-electron chi connectivity index (χ3n) is 5.35. The van der Waals surface area contributed by atoms with E-state index in [-0.39, 0.29) is 0 Å². The number of rotatable bonds is 7. The molecule has 0 atom stereocenters. The first-order valence-electron chi connectivity index (χ1n) is 10.1. The van der Waals surface area contributed by atoms with Gasteiger partial charge in [-0.1, -0.05) is 54.6 Å². The highest BCUT2D eigenvalue weighted by Gasteiger charge is 2.18. The molecular formula is C24H26N4OS. The third kappa shape index (κ3) is 4.15. The molecule has 0 fully saturated rings. The molecule has 154 valence electrons. The monoisotopic (exact) mass is 418 g/mol. The Labute approximate surface area is 182 Å². The lowest BCUT2D eigenvalue weighted by molar-refractivity contribution is 0.226. The second-order valence-electron chi connectivity index (χ2n) is 7.27. The summed E-state index contributed by atoms with van der Waals surface area (Å²) in [5, 5.41) is 4.86. The molecule has 4 rings (SSSR count). The van der Waals surface area contributed by atoms with Crippen molar-refractivity contribution in [3.63, 3.8) is 0 Å². The number of aromatic nitrogens is 3. The molecular weight excluding hydrogens is 392 g/mol. The zero-order valence-electron chi connectivity index (χ0n) is 17.2. The lowest BCUT2D eigenvalue weighted by Crippen LogP contribution is -2.31. The number of hydrogen-bond donors (Lipinski definition) is 0. The summed E-state index contributed by atoms with van der Waals surface area (Å²) in [6.45, 7) is 6.99. The van der Waals surface area contributed by atoms with E-state index in [0.717, 1.165) is 36.6 Å². The molecule has 0 radical (unpaired) electrons. The first-order chi connectivity index (χ1) is 14.7. The molecule has 0 aliphatic carbocycles. The van der Waals surface area contributed by atoms with E-state index in [1.807, 2.05) is 39.6 Å². The van der Waals surface area contributed by atoms with E-state index in [0.29, 0.717) is 18.0 Å². The largest absolute Gasteiger partial charge is 0.496 e. The summed E-state index contributed by atoms with van der Waals surface area (Å²) in [4.78, 5) is 2.36. The average Bonchev–Trinajstić information content (AvgIpc) is 3.10. The zero-order valence-corrected chi connectivity index (χ0v) is 18.0. The van der Waals surface area contributed by atoms with Gasteiger partial charge in [0.05, 0.1) is 19.3 Å². The van der Waals surface area contributed by atoms with Gasteiger partial charge in [0, 0.05) is 19.6 Å². The van der Waals surface area contributed by atoms with Gasteiger partial charge in [-0.25, -0.2) is 4.68 Å². The summed E-state index contributed by atoms with van der Waals surface area (Å²) >= 11 is 5.76. The topological polar surface area (TPSA) is 35.2 Å². The van der Waals surface area contributed by atoms with E-state index >= 15 is 0 Å². The Hall–Kier alpha value is -2.96. The maximum atomic E-state index is 5.76. The van der Waals surface area contributed by atoms with E-state index in [2.05, 4.69) is 47.9 Å². The van der Waals surface area contributed by atoms with E-state index < -0.39 is 0 Å². The van der Waals surface area contributed by atoms with Crippen LogP contribution in [0.3, 0.4) is 0 Å². The molecule has 3 aromatic rings. The van der Waals surface area contributed by atoms with Gasteiger partial charge >= 0.3 is 0 Å². The molecule has 0 saturated heterocycles. The Morgan fingerprint density at radius 2 is 1.90 bits per heavy atom. The number of hydrogen-bond acceptors (Lipinski definition) is 4. The predicted octanol–water partition coefficient (Wildman–Crippen LogP) is 5.02. The number of para-hydroxylation sites is 1. The Balaban J connectivity index is 1.59. The third-order valence-corrected chi connectivity index (χ3v) is 5.79. The highest BCUT2D eigenvalue weighted by Crippen LogP contribution is 2.29. The Morgan fingerprint density at radius 3 is 2.60 bits per heavy atom.